The normalized spacial score (nSPS) is 16.9. The van der Waals surface area contributed by atoms with E-state index in [9.17, 15) is 10.2 Å². The number of phenolic OH excluding ortho intramolecular Hbond substituents is 2. The molecule has 0 radical (unpaired) electrons. The van der Waals surface area contributed by atoms with Gasteiger partial charge >= 0.3 is 0 Å². The molecule has 1 aliphatic rings. The van der Waals surface area contributed by atoms with Gasteiger partial charge in [0.05, 0.1) is 13.7 Å². The van der Waals surface area contributed by atoms with E-state index < -0.39 is 0 Å². The molecule has 1 aliphatic heterocycles. The second-order valence-electron chi connectivity index (χ2n) is 5.38. The molecule has 2 N–H and O–H groups in total. The van der Waals surface area contributed by atoms with Crippen molar-refractivity contribution in [3.05, 3.63) is 47.5 Å². The van der Waals surface area contributed by atoms with Crippen LogP contribution in [0.1, 0.15) is 11.1 Å². The van der Waals surface area contributed by atoms with Crippen LogP contribution in [0, 0.1) is 5.92 Å². The summed E-state index contributed by atoms with van der Waals surface area (Å²) in [4.78, 5) is 0. The van der Waals surface area contributed by atoms with Crippen molar-refractivity contribution < 1.29 is 19.7 Å². The Morgan fingerprint density at radius 3 is 2.62 bits per heavy atom. The van der Waals surface area contributed by atoms with Crippen LogP contribution in [-0.4, -0.2) is 23.9 Å². The van der Waals surface area contributed by atoms with Gasteiger partial charge in [0.2, 0.25) is 0 Å². The fourth-order valence-corrected chi connectivity index (χ4v) is 2.77. The maximum absolute atomic E-state index is 9.64. The predicted octanol–water partition coefficient (Wildman–Crippen LogP) is 2.90. The van der Waals surface area contributed by atoms with Crippen molar-refractivity contribution in [3.8, 4) is 23.0 Å². The van der Waals surface area contributed by atoms with E-state index in [1.54, 1.807) is 31.4 Å². The third-order valence-corrected chi connectivity index (χ3v) is 3.80. The Morgan fingerprint density at radius 1 is 1.14 bits per heavy atom. The molecule has 4 nitrogen and oxygen atoms in total. The first-order chi connectivity index (χ1) is 10.2. The van der Waals surface area contributed by atoms with Crippen LogP contribution in [0.4, 0.5) is 0 Å². The number of aromatic hydroxyl groups is 2. The number of hydrogen-bond acceptors (Lipinski definition) is 4. The summed E-state index contributed by atoms with van der Waals surface area (Å²) in [6, 6.07) is 10.5. The minimum Gasteiger partial charge on any atom is -0.508 e. The molecule has 0 aromatic heterocycles. The molecule has 0 aliphatic carbocycles. The molecular weight excluding hydrogens is 268 g/mol. The zero-order valence-electron chi connectivity index (χ0n) is 11.9. The van der Waals surface area contributed by atoms with E-state index in [2.05, 4.69) is 0 Å². The minimum absolute atomic E-state index is 0.155. The molecule has 0 saturated heterocycles. The van der Waals surface area contributed by atoms with Crippen molar-refractivity contribution in [2.45, 2.75) is 12.8 Å². The van der Waals surface area contributed by atoms with Gasteiger partial charge < -0.3 is 19.7 Å². The Kier molecular flexibility index (Phi) is 3.60. The molecule has 21 heavy (non-hydrogen) atoms. The fraction of sp³-hybridized carbons (Fsp3) is 0.294. The van der Waals surface area contributed by atoms with Crippen molar-refractivity contribution >= 4 is 0 Å². The SMILES string of the molecule is COc1cc(O)cc2c1CC(Cc1ccc(O)cc1)CO2. The Bertz CT molecular complexity index is 617. The topological polar surface area (TPSA) is 58.9 Å². The van der Waals surface area contributed by atoms with Crippen LogP contribution in [0.2, 0.25) is 0 Å². The predicted molar refractivity (Wildman–Crippen MR) is 79.2 cm³/mol. The van der Waals surface area contributed by atoms with Gasteiger partial charge in [-0.15, -0.1) is 0 Å². The smallest absolute Gasteiger partial charge is 0.129 e. The van der Waals surface area contributed by atoms with Crippen LogP contribution in [0.25, 0.3) is 0 Å². The van der Waals surface area contributed by atoms with Gasteiger partial charge in [-0.1, -0.05) is 12.1 Å². The molecule has 110 valence electrons. The number of hydrogen-bond donors (Lipinski definition) is 2. The highest BCUT2D eigenvalue weighted by atomic mass is 16.5. The molecule has 1 atom stereocenters. The molecular formula is C17H18O4. The zero-order chi connectivity index (χ0) is 14.8. The van der Waals surface area contributed by atoms with E-state index in [0.717, 1.165) is 18.4 Å². The molecule has 2 aromatic carbocycles. The summed E-state index contributed by atoms with van der Waals surface area (Å²) < 4.78 is 11.1. The second kappa shape index (κ2) is 5.56. The molecule has 0 saturated carbocycles. The van der Waals surface area contributed by atoms with Gasteiger partial charge in [-0.3, -0.25) is 0 Å². The third kappa shape index (κ3) is 2.89. The lowest BCUT2D eigenvalue weighted by Crippen LogP contribution is -2.23. The van der Waals surface area contributed by atoms with E-state index in [-0.39, 0.29) is 11.5 Å². The number of methoxy groups -OCH3 is 1. The summed E-state index contributed by atoms with van der Waals surface area (Å²) in [6.07, 6.45) is 1.73. The lowest BCUT2D eigenvalue weighted by atomic mass is 9.90. The monoisotopic (exact) mass is 286 g/mol. The van der Waals surface area contributed by atoms with Crippen LogP contribution < -0.4 is 9.47 Å². The summed E-state index contributed by atoms with van der Waals surface area (Å²) in [7, 11) is 1.60. The quantitative estimate of drug-likeness (QED) is 0.911. The summed E-state index contributed by atoms with van der Waals surface area (Å²) in [5.41, 5.74) is 2.17. The van der Waals surface area contributed by atoms with Gasteiger partial charge in [0.15, 0.2) is 0 Å². The molecule has 4 heteroatoms. The van der Waals surface area contributed by atoms with Gasteiger partial charge in [0.25, 0.3) is 0 Å². The summed E-state index contributed by atoms with van der Waals surface area (Å²) >= 11 is 0. The highest BCUT2D eigenvalue weighted by Gasteiger charge is 2.24. The highest BCUT2D eigenvalue weighted by Crippen LogP contribution is 2.38. The molecule has 2 aromatic rings. The summed E-state index contributed by atoms with van der Waals surface area (Å²) in [5, 5.41) is 19.0. The van der Waals surface area contributed by atoms with Gasteiger partial charge in [-0.2, -0.15) is 0 Å². The first kappa shape index (κ1) is 13.6. The van der Waals surface area contributed by atoms with E-state index in [1.807, 2.05) is 12.1 Å². The van der Waals surface area contributed by atoms with E-state index in [4.69, 9.17) is 9.47 Å². The van der Waals surface area contributed by atoms with Crippen molar-refractivity contribution in [2.24, 2.45) is 5.92 Å². The molecule has 0 fully saturated rings. The number of ether oxygens (including phenoxy) is 2. The van der Waals surface area contributed by atoms with Crippen LogP contribution in [-0.2, 0) is 12.8 Å². The van der Waals surface area contributed by atoms with Gasteiger partial charge in [-0.05, 0) is 30.5 Å². The van der Waals surface area contributed by atoms with Gasteiger partial charge in [0.1, 0.15) is 23.0 Å². The van der Waals surface area contributed by atoms with E-state index in [0.29, 0.717) is 24.0 Å². The van der Waals surface area contributed by atoms with Crippen molar-refractivity contribution in [2.75, 3.05) is 13.7 Å². The van der Waals surface area contributed by atoms with Crippen LogP contribution in [0.3, 0.4) is 0 Å². The van der Waals surface area contributed by atoms with Crippen LogP contribution >= 0.6 is 0 Å². The highest BCUT2D eigenvalue weighted by molar-refractivity contribution is 5.51. The molecule has 3 rings (SSSR count). The largest absolute Gasteiger partial charge is 0.508 e. The maximum Gasteiger partial charge on any atom is 0.129 e. The van der Waals surface area contributed by atoms with Crippen LogP contribution in [0.5, 0.6) is 23.0 Å². The number of phenols is 2. The first-order valence-corrected chi connectivity index (χ1v) is 6.96. The summed E-state index contributed by atoms with van der Waals surface area (Å²) in [5.74, 6) is 2.15. The standard InChI is InChI=1S/C17H18O4/c1-20-16-8-14(19)9-17-15(16)7-12(10-21-17)6-11-2-4-13(18)5-3-11/h2-5,8-9,12,18-19H,6-7,10H2,1H3. The van der Waals surface area contributed by atoms with E-state index in [1.165, 1.54) is 5.56 Å². The molecule has 0 spiro atoms. The van der Waals surface area contributed by atoms with Crippen molar-refractivity contribution in [1.29, 1.82) is 0 Å². The van der Waals surface area contributed by atoms with Crippen molar-refractivity contribution in [1.82, 2.24) is 0 Å². The van der Waals surface area contributed by atoms with E-state index >= 15 is 0 Å². The Morgan fingerprint density at radius 2 is 1.90 bits per heavy atom. The zero-order valence-corrected chi connectivity index (χ0v) is 11.9. The third-order valence-electron chi connectivity index (χ3n) is 3.80. The molecule has 0 amide bonds. The Hall–Kier alpha value is -2.36. The number of benzene rings is 2. The Labute approximate surface area is 123 Å². The lowest BCUT2D eigenvalue weighted by Gasteiger charge is -2.27. The molecule has 1 heterocycles. The fourth-order valence-electron chi connectivity index (χ4n) is 2.77. The van der Waals surface area contributed by atoms with Gasteiger partial charge in [-0.25, -0.2) is 0 Å². The Balaban J connectivity index is 1.79. The first-order valence-electron chi connectivity index (χ1n) is 6.96. The second-order valence-corrected chi connectivity index (χ2v) is 5.38. The minimum atomic E-state index is 0.155. The molecule has 0 bridgehead atoms. The summed E-state index contributed by atoms with van der Waals surface area (Å²) in [6.45, 7) is 0.612. The average Bonchev–Trinajstić information content (AvgIpc) is 2.49. The maximum atomic E-state index is 9.64. The lowest BCUT2D eigenvalue weighted by molar-refractivity contribution is 0.216. The number of fused-ring (bicyclic) bond motifs is 1. The van der Waals surface area contributed by atoms with Gasteiger partial charge in [0, 0.05) is 23.6 Å². The number of rotatable bonds is 3. The molecule has 1 unspecified atom stereocenters. The van der Waals surface area contributed by atoms with Crippen molar-refractivity contribution in [3.63, 3.8) is 0 Å². The van der Waals surface area contributed by atoms with Crippen LogP contribution in [0.15, 0.2) is 36.4 Å². The average molecular weight is 286 g/mol.